The number of rotatable bonds is 6. The van der Waals surface area contributed by atoms with Gasteiger partial charge in [-0.15, -0.1) is 12.4 Å². The van der Waals surface area contributed by atoms with Crippen LogP contribution in [0.15, 0.2) is 115 Å². The van der Waals surface area contributed by atoms with Crippen molar-refractivity contribution in [2.75, 3.05) is 7.11 Å². The lowest BCUT2D eigenvalue weighted by Gasteiger charge is -2.27. The van der Waals surface area contributed by atoms with Crippen LogP contribution < -0.4 is 15.9 Å². The molecule has 0 unspecified atom stereocenters. The Labute approximate surface area is 190 Å². The van der Waals surface area contributed by atoms with Gasteiger partial charge in [0.05, 0.1) is 18.8 Å². The van der Waals surface area contributed by atoms with E-state index in [1.165, 1.54) is 28.6 Å². The predicted molar refractivity (Wildman–Crippen MR) is 134 cm³/mol. The van der Waals surface area contributed by atoms with Crippen molar-refractivity contribution in [3.8, 4) is 0 Å². The smallest absolute Gasteiger partial charge is 0.337 e. The zero-order valence-corrected chi connectivity index (χ0v) is 19.1. The summed E-state index contributed by atoms with van der Waals surface area (Å²) < 4.78 is 4.85. The maximum Gasteiger partial charge on any atom is 0.337 e. The van der Waals surface area contributed by atoms with Crippen LogP contribution in [0, 0.1) is 0 Å². The van der Waals surface area contributed by atoms with E-state index in [1.54, 1.807) is 0 Å². The molecule has 4 rings (SSSR count). The van der Waals surface area contributed by atoms with Crippen LogP contribution in [0.4, 0.5) is 0 Å². The molecular formula is C27H25ClO2P+. The summed E-state index contributed by atoms with van der Waals surface area (Å²) in [6.07, 6.45) is 0.881. The Bertz CT molecular complexity index is 1000. The SMILES string of the molecule is COC(=O)c1ccc(C[P+](c2ccccc2)(c2ccccc2)c2ccccc2)cc1.Cl. The summed E-state index contributed by atoms with van der Waals surface area (Å²) in [5.74, 6) is -0.309. The third kappa shape index (κ3) is 4.71. The Morgan fingerprint density at radius 3 is 1.39 bits per heavy atom. The molecule has 4 aromatic carbocycles. The van der Waals surface area contributed by atoms with Crippen molar-refractivity contribution in [2.24, 2.45) is 0 Å². The lowest BCUT2D eigenvalue weighted by molar-refractivity contribution is 0.0600. The Kier molecular flexibility index (Phi) is 7.63. The van der Waals surface area contributed by atoms with E-state index in [4.69, 9.17) is 4.74 Å². The van der Waals surface area contributed by atoms with Gasteiger partial charge in [-0.05, 0) is 54.1 Å². The van der Waals surface area contributed by atoms with E-state index in [1.807, 2.05) is 12.1 Å². The Balaban J connectivity index is 0.00000272. The molecule has 0 spiro atoms. The normalized spacial score (nSPS) is 10.7. The van der Waals surface area contributed by atoms with E-state index < -0.39 is 7.26 Å². The molecule has 0 atom stereocenters. The van der Waals surface area contributed by atoms with Crippen molar-refractivity contribution in [3.05, 3.63) is 126 Å². The van der Waals surface area contributed by atoms with Gasteiger partial charge in [0.15, 0.2) is 0 Å². The van der Waals surface area contributed by atoms with E-state index in [-0.39, 0.29) is 18.4 Å². The van der Waals surface area contributed by atoms with Gasteiger partial charge in [-0.3, -0.25) is 0 Å². The molecule has 0 N–H and O–H groups in total. The van der Waals surface area contributed by atoms with Crippen molar-refractivity contribution in [2.45, 2.75) is 6.16 Å². The molecule has 0 aliphatic carbocycles. The minimum Gasteiger partial charge on any atom is -0.465 e. The van der Waals surface area contributed by atoms with Crippen LogP contribution >= 0.6 is 19.7 Å². The number of ether oxygens (including phenoxy) is 1. The summed E-state index contributed by atoms with van der Waals surface area (Å²) >= 11 is 0. The summed E-state index contributed by atoms with van der Waals surface area (Å²) in [5, 5.41) is 4.04. The number of hydrogen-bond acceptors (Lipinski definition) is 2. The van der Waals surface area contributed by atoms with Gasteiger partial charge in [0.1, 0.15) is 23.2 Å². The number of hydrogen-bond donors (Lipinski definition) is 0. The summed E-state index contributed by atoms with van der Waals surface area (Å²) in [4.78, 5) is 11.9. The number of carbonyl (C=O) groups is 1. The number of esters is 1. The van der Waals surface area contributed by atoms with Crippen LogP contribution in [0.1, 0.15) is 15.9 Å². The van der Waals surface area contributed by atoms with Gasteiger partial charge in [0.2, 0.25) is 0 Å². The van der Waals surface area contributed by atoms with Crippen molar-refractivity contribution < 1.29 is 9.53 Å². The first kappa shape index (κ1) is 22.7. The van der Waals surface area contributed by atoms with Gasteiger partial charge in [-0.2, -0.15) is 0 Å². The highest BCUT2D eigenvalue weighted by Crippen LogP contribution is 2.58. The van der Waals surface area contributed by atoms with Crippen LogP contribution in [-0.4, -0.2) is 13.1 Å². The molecule has 0 heterocycles. The zero-order chi connectivity index (χ0) is 20.8. The molecule has 0 radical (unpaired) electrons. The highest BCUT2D eigenvalue weighted by Gasteiger charge is 2.45. The van der Waals surface area contributed by atoms with Gasteiger partial charge in [0.25, 0.3) is 0 Å². The lowest BCUT2D eigenvalue weighted by atomic mass is 10.1. The molecule has 0 saturated carbocycles. The van der Waals surface area contributed by atoms with Gasteiger partial charge < -0.3 is 4.74 Å². The average Bonchev–Trinajstić information content (AvgIpc) is 2.84. The van der Waals surface area contributed by atoms with Crippen LogP contribution in [-0.2, 0) is 10.9 Å². The molecule has 31 heavy (non-hydrogen) atoms. The Hall–Kier alpha value is -2.93. The van der Waals surface area contributed by atoms with Crippen molar-refractivity contribution in [1.29, 1.82) is 0 Å². The van der Waals surface area contributed by atoms with Gasteiger partial charge in [0, 0.05) is 0 Å². The minimum absolute atomic E-state index is 0. The summed E-state index contributed by atoms with van der Waals surface area (Å²) in [6.45, 7) is 0. The molecule has 0 aliphatic rings. The number of benzene rings is 4. The Morgan fingerprint density at radius 2 is 1.03 bits per heavy atom. The summed E-state index contributed by atoms with van der Waals surface area (Å²) in [7, 11) is -0.527. The molecule has 0 bridgehead atoms. The fraction of sp³-hybridized carbons (Fsp3) is 0.0741. The standard InChI is InChI=1S/C27H24O2P.ClH/c1-29-27(28)23-19-17-22(18-20-23)21-30(24-11-5-2-6-12-24,25-13-7-3-8-14-25)26-15-9-4-10-16-26;/h2-20H,21H2,1H3;1H/q+1;. The molecule has 0 fully saturated rings. The largest absolute Gasteiger partial charge is 0.465 e. The topological polar surface area (TPSA) is 26.3 Å². The third-order valence-corrected chi connectivity index (χ3v) is 9.76. The molecule has 4 heteroatoms. The molecule has 2 nitrogen and oxygen atoms in total. The van der Waals surface area contributed by atoms with Crippen molar-refractivity contribution in [3.63, 3.8) is 0 Å². The second-order valence-corrected chi connectivity index (χ2v) is 10.6. The summed E-state index contributed by atoms with van der Waals surface area (Å²) in [6, 6.07) is 40.2. The third-order valence-electron chi connectivity index (χ3n) is 5.39. The monoisotopic (exact) mass is 447 g/mol. The van der Waals surface area contributed by atoms with E-state index in [9.17, 15) is 4.79 Å². The average molecular weight is 448 g/mol. The molecule has 0 aliphatic heterocycles. The molecular weight excluding hydrogens is 423 g/mol. The first-order valence-corrected chi connectivity index (χ1v) is 11.9. The minimum atomic E-state index is -1.94. The van der Waals surface area contributed by atoms with E-state index in [0.29, 0.717) is 5.56 Å². The maximum atomic E-state index is 11.9. The fourth-order valence-corrected chi connectivity index (χ4v) is 8.15. The van der Waals surface area contributed by atoms with E-state index in [0.717, 1.165) is 6.16 Å². The van der Waals surface area contributed by atoms with Gasteiger partial charge in [-0.25, -0.2) is 4.79 Å². The second kappa shape index (κ2) is 10.4. The number of halogens is 1. The van der Waals surface area contributed by atoms with Crippen molar-refractivity contribution in [1.82, 2.24) is 0 Å². The maximum absolute atomic E-state index is 11.9. The van der Waals surface area contributed by atoms with E-state index in [2.05, 4.69) is 103 Å². The first-order valence-electron chi connectivity index (χ1n) is 9.96. The van der Waals surface area contributed by atoms with Crippen LogP contribution in [0.5, 0.6) is 0 Å². The van der Waals surface area contributed by atoms with Crippen LogP contribution in [0.2, 0.25) is 0 Å². The predicted octanol–water partition coefficient (Wildman–Crippen LogP) is 5.39. The molecule has 0 saturated heterocycles. The molecule has 0 aromatic heterocycles. The molecule has 4 aromatic rings. The van der Waals surface area contributed by atoms with Gasteiger partial charge in [-0.1, -0.05) is 66.7 Å². The number of methoxy groups -OCH3 is 1. The van der Waals surface area contributed by atoms with Crippen LogP contribution in [0.3, 0.4) is 0 Å². The first-order chi connectivity index (χ1) is 14.7. The molecule has 0 amide bonds. The quantitative estimate of drug-likeness (QED) is 0.292. The highest BCUT2D eigenvalue weighted by molar-refractivity contribution is 7.95. The van der Waals surface area contributed by atoms with Crippen LogP contribution in [0.25, 0.3) is 0 Å². The Morgan fingerprint density at radius 1 is 0.645 bits per heavy atom. The second-order valence-electron chi connectivity index (χ2n) is 7.16. The highest BCUT2D eigenvalue weighted by atomic mass is 35.5. The summed E-state index contributed by atoms with van der Waals surface area (Å²) in [5.41, 5.74) is 1.77. The zero-order valence-electron chi connectivity index (χ0n) is 17.3. The van der Waals surface area contributed by atoms with Gasteiger partial charge >= 0.3 is 5.97 Å². The number of carbonyl (C=O) groups excluding carboxylic acids is 1. The lowest BCUT2D eigenvalue weighted by Crippen LogP contribution is -2.32. The van der Waals surface area contributed by atoms with E-state index >= 15 is 0 Å². The molecule has 156 valence electrons. The van der Waals surface area contributed by atoms with Crippen molar-refractivity contribution >= 4 is 41.6 Å². The fourth-order valence-electron chi connectivity index (χ4n) is 3.91.